The lowest BCUT2D eigenvalue weighted by Gasteiger charge is -2.26. The number of hydrogen-bond acceptors (Lipinski definition) is 4. The molecule has 0 atom stereocenters. The van der Waals surface area contributed by atoms with Crippen molar-refractivity contribution < 1.29 is 9.53 Å². The Bertz CT molecular complexity index is 590. The van der Waals surface area contributed by atoms with Gasteiger partial charge in [0.25, 0.3) is 0 Å². The highest BCUT2D eigenvalue weighted by atomic mass is 127. The molecule has 0 unspecified atom stereocenters. The van der Waals surface area contributed by atoms with Crippen molar-refractivity contribution >= 4 is 47.6 Å². The van der Waals surface area contributed by atoms with Crippen molar-refractivity contribution in [1.29, 1.82) is 0 Å². The van der Waals surface area contributed by atoms with E-state index < -0.39 is 5.60 Å². The Hall–Kier alpha value is -1.29. The van der Waals surface area contributed by atoms with Crippen LogP contribution in [0, 0.1) is 0 Å². The van der Waals surface area contributed by atoms with E-state index in [1.807, 2.05) is 33.8 Å². The lowest BCUT2D eigenvalue weighted by Crippen LogP contribution is -2.44. The number of rotatable bonds is 7. The zero-order chi connectivity index (χ0) is 19.6. The molecule has 1 aromatic heterocycles. The van der Waals surface area contributed by atoms with E-state index in [0.717, 1.165) is 12.0 Å². The van der Waals surface area contributed by atoms with Gasteiger partial charge in [-0.1, -0.05) is 17.7 Å². The second kappa shape index (κ2) is 13.0. The van der Waals surface area contributed by atoms with Crippen molar-refractivity contribution in [2.24, 2.45) is 4.99 Å². The largest absolute Gasteiger partial charge is 0.444 e. The van der Waals surface area contributed by atoms with Gasteiger partial charge in [0, 0.05) is 39.4 Å². The number of pyridine rings is 1. The predicted molar refractivity (Wildman–Crippen MR) is 121 cm³/mol. The van der Waals surface area contributed by atoms with E-state index in [-0.39, 0.29) is 30.1 Å². The lowest BCUT2D eigenvalue weighted by molar-refractivity contribution is 0.0264. The molecule has 27 heavy (non-hydrogen) atoms. The molecule has 9 heteroatoms. The van der Waals surface area contributed by atoms with Gasteiger partial charge < -0.3 is 20.3 Å². The molecule has 0 fully saturated rings. The average molecular weight is 512 g/mol. The number of ether oxygens (including phenoxy) is 1. The third-order valence-electron chi connectivity index (χ3n) is 3.43. The third-order valence-corrected chi connectivity index (χ3v) is 3.65. The van der Waals surface area contributed by atoms with Gasteiger partial charge in [0.15, 0.2) is 5.96 Å². The summed E-state index contributed by atoms with van der Waals surface area (Å²) in [4.78, 5) is 22.0. The molecule has 0 aliphatic heterocycles. The molecule has 0 bridgehead atoms. The van der Waals surface area contributed by atoms with Gasteiger partial charge >= 0.3 is 6.09 Å². The van der Waals surface area contributed by atoms with Gasteiger partial charge in [-0.25, -0.2) is 9.78 Å². The number of aromatic nitrogens is 1. The summed E-state index contributed by atoms with van der Waals surface area (Å²) in [7, 11) is 1.71. The van der Waals surface area contributed by atoms with Crippen molar-refractivity contribution in [1.82, 2.24) is 20.5 Å². The van der Waals surface area contributed by atoms with Crippen molar-refractivity contribution in [3.05, 3.63) is 29.0 Å². The van der Waals surface area contributed by atoms with Crippen LogP contribution in [0.3, 0.4) is 0 Å². The highest BCUT2D eigenvalue weighted by Crippen LogP contribution is 2.09. The number of guanidine groups is 1. The van der Waals surface area contributed by atoms with Crippen LogP contribution in [0.4, 0.5) is 4.79 Å². The Labute approximate surface area is 184 Å². The molecule has 1 amide bonds. The number of nitrogens with one attached hydrogen (secondary N) is 2. The normalized spacial score (nSPS) is 11.4. The molecule has 0 spiro atoms. The second-order valence-corrected chi connectivity index (χ2v) is 7.11. The Morgan fingerprint density at radius 3 is 2.48 bits per heavy atom. The van der Waals surface area contributed by atoms with E-state index >= 15 is 0 Å². The molecule has 0 aromatic carbocycles. The quantitative estimate of drug-likeness (QED) is 0.254. The first-order valence-electron chi connectivity index (χ1n) is 8.78. The molecule has 1 heterocycles. The molecule has 7 nitrogen and oxygen atoms in total. The van der Waals surface area contributed by atoms with Crippen LogP contribution in [-0.2, 0) is 11.2 Å². The maximum absolute atomic E-state index is 12.1. The fourth-order valence-electron chi connectivity index (χ4n) is 2.11. The minimum Gasteiger partial charge on any atom is -0.444 e. The maximum Gasteiger partial charge on any atom is 0.410 e. The van der Waals surface area contributed by atoms with Gasteiger partial charge in [-0.05, 0) is 45.7 Å². The standard InChI is InChI=1S/C18H30ClN5O2.HI/c1-6-24(17(25)26-18(2,3)4)12-11-22-16(20-5)21-10-9-14-7-8-15(19)23-13-14;/h7-8,13H,6,9-12H2,1-5H3,(H2,20,21,22);1H. The number of carbonyl (C=O) groups excluding carboxylic acids is 1. The SMILES string of the molecule is CCN(CCNC(=NC)NCCc1ccc(Cl)nc1)C(=O)OC(C)(C)C.I. The Balaban J connectivity index is 0.00000676. The number of nitrogens with zero attached hydrogens (tertiary/aromatic N) is 3. The minimum atomic E-state index is -0.494. The van der Waals surface area contributed by atoms with E-state index in [1.54, 1.807) is 24.2 Å². The van der Waals surface area contributed by atoms with Crippen molar-refractivity contribution in [3.63, 3.8) is 0 Å². The lowest BCUT2D eigenvalue weighted by atomic mass is 10.2. The van der Waals surface area contributed by atoms with Gasteiger partial charge in [-0.2, -0.15) is 0 Å². The van der Waals surface area contributed by atoms with Gasteiger partial charge in [-0.3, -0.25) is 4.99 Å². The summed E-state index contributed by atoms with van der Waals surface area (Å²) in [6, 6.07) is 3.73. The molecule has 1 rings (SSSR count). The maximum atomic E-state index is 12.1. The van der Waals surface area contributed by atoms with Crippen LogP contribution in [0.25, 0.3) is 0 Å². The first-order chi connectivity index (χ1) is 12.2. The predicted octanol–water partition coefficient (Wildman–Crippen LogP) is 3.32. The first-order valence-corrected chi connectivity index (χ1v) is 9.16. The number of halogens is 2. The van der Waals surface area contributed by atoms with Gasteiger partial charge in [0.05, 0.1) is 0 Å². The molecule has 0 aliphatic carbocycles. The first kappa shape index (κ1) is 25.7. The number of carbonyl (C=O) groups is 1. The van der Waals surface area contributed by atoms with Crippen LogP contribution in [0.5, 0.6) is 0 Å². The molecule has 0 aliphatic rings. The highest BCUT2D eigenvalue weighted by Gasteiger charge is 2.20. The fourth-order valence-corrected chi connectivity index (χ4v) is 2.23. The zero-order valence-electron chi connectivity index (χ0n) is 16.7. The van der Waals surface area contributed by atoms with Gasteiger partial charge in [0.1, 0.15) is 10.8 Å². The second-order valence-electron chi connectivity index (χ2n) is 6.72. The summed E-state index contributed by atoms with van der Waals surface area (Å²) in [6.45, 7) is 9.93. The summed E-state index contributed by atoms with van der Waals surface area (Å²) < 4.78 is 5.39. The molecule has 2 N–H and O–H groups in total. The van der Waals surface area contributed by atoms with Gasteiger partial charge in [-0.15, -0.1) is 24.0 Å². The number of likely N-dealkylation sites (N-methyl/N-ethyl adjacent to an activating group) is 1. The van der Waals surface area contributed by atoms with E-state index in [0.29, 0.717) is 37.3 Å². The van der Waals surface area contributed by atoms with E-state index in [4.69, 9.17) is 16.3 Å². The van der Waals surface area contributed by atoms with Crippen LogP contribution in [0.15, 0.2) is 23.3 Å². The van der Waals surface area contributed by atoms with Crippen LogP contribution >= 0.6 is 35.6 Å². The van der Waals surface area contributed by atoms with Crippen LogP contribution in [0.1, 0.15) is 33.3 Å². The Kier molecular flexibility index (Phi) is 12.4. The number of amides is 1. The summed E-state index contributed by atoms with van der Waals surface area (Å²) in [5, 5.41) is 6.93. The fraction of sp³-hybridized carbons (Fsp3) is 0.611. The topological polar surface area (TPSA) is 78.9 Å². The van der Waals surface area contributed by atoms with Gasteiger partial charge in [0.2, 0.25) is 0 Å². The summed E-state index contributed by atoms with van der Waals surface area (Å²) >= 11 is 5.78. The highest BCUT2D eigenvalue weighted by molar-refractivity contribution is 14.0. The van der Waals surface area contributed by atoms with E-state index in [1.165, 1.54) is 0 Å². The average Bonchev–Trinajstić information content (AvgIpc) is 2.57. The molecule has 0 saturated carbocycles. The van der Waals surface area contributed by atoms with Crippen molar-refractivity contribution in [3.8, 4) is 0 Å². The molecular weight excluding hydrogens is 481 g/mol. The summed E-state index contributed by atoms with van der Waals surface area (Å²) in [6.07, 6.45) is 2.27. The van der Waals surface area contributed by atoms with Crippen LogP contribution < -0.4 is 10.6 Å². The van der Waals surface area contributed by atoms with Crippen LogP contribution in [-0.4, -0.2) is 60.8 Å². The molecule has 0 saturated heterocycles. The molecule has 0 radical (unpaired) electrons. The molecule has 154 valence electrons. The third kappa shape index (κ3) is 11.2. The number of hydrogen-bond donors (Lipinski definition) is 2. The monoisotopic (exact) mass is 511 g/mol. The molecular formula is C18H31ClIN5O2. The summed E-state index contributed by atoms with van der Waals surface area (Å²) in [5.74, 6) is 0.687. The number of aliphatic imine (C=N–C) groups is 1. The summed E-state index contributed by atoms with van der Waals surface area (Å²) in [5.41, 5.74) is 0.603. The smallest absolute Gasteiger partial charge is 0.410 e. The van der Waals surface area contributed by atoms with Crippen molar-refractivity contribution in [2.45, 2.75) is 39.7 Å². The Morgan fingerprint density at radius 1 is 1.30 bits per heavy atom. The van der Waals surface area contributed by atoms with E-state index in [2.05, 4.69) is 20.6 Å². The van der Waals surface area contributed by atoms with Crippen LogP contribution in [0.2, 0.25) is 5.15 Å². The zero-order valence-corrected chi connectivity index (χ0v) is 19.8. The Morgan fingerprint density at radius 2 is 1.96 bits per heavy atom. The molecule has 1 aromatic rings. The van der Waals surface area contributed by atoms with E-state index in [9.17, 15) is 4.79 Å². The van der Waals surface area contributed by atoms with Crippen molar-refractivity contribution in [2.75, 3.05) is 33.2 Å². The minimum absolute atomic E-state index is 0.